The average Bonchev–Trinajstić information content (AvgIpc) is 3.11. The summed E-state index contributed by atoms with van der Waals surface area (Å²) in [6, 6.07) is 18.7. The van der Waals surface area contributed by atoms with Gasteiger partial charge in [0.1, 0.15) is 6.04 Å². The number of amides is 1. The van der Waals surface area contributed by atoms with Crippen molar-refractivity contribution in [2.45, 2.75) is 38.0 Å². The van der Waals surface area contributed by atoms with Gasteiger partial charge in [-0.15, -0.1) is 0 Å². The summed E-state index contributed by atoms with van der Waals surface area (Å²) in [6.07, 6.45) is 0.994. The van der Waals surface area contributed by atoms with Gasteiger partial charge >= 0.3 is 5.97 Å². The Kier molecular flexibility index (Phi) is 6.02. The zero-order valence-electron chi connectivity index (χ0n) is 14.6. The molecular weight excluding hydrogens is 330 g/mol. The van der Waals surface area contributed by atoms with Gasteiger partial charge < -0.3 is 14.7 Å². The first-order valence-electron chi connectivity index (χ1n) is 8.85. The van der Waals surface area contributed by atoms with Crippen LogP contribution < -0.4 is 0 Å². The predicted octanol–water partition coefficient (Wildman–Crippen LogP) is 2.89. The summed E-state index contributed by atoms with van der Waals surface area (Å²) in [5.74, 6) is -1.10. The Morgan fingerprint density at radius 1 is 1.00 bits per heavy atom. The molecule has 1 fully saturated rings. The number of aryl methyl sites for hydroxylation is 1. The number of carbonyl (C=O) groups is 2. The Balaban J connectivity index is 1.56. The lowest BCUT2D eigenvalue weighted by Crippen LogP contribution is -2.40. The fourth-order valence-electron chi connectivity index (χ4n) is 3.26. The number of carboxylic acids is 1. The van der Waals surface area contributed by atoms with E-state index < -0.39 is 12.0 Å². The molecule has 0 bridgehead atoms. The van der Waals surface area contributed by atoms with E-state index in [1.165, 1.54) is 4.90 Å². The van der Waals surface area contributed by atoms with E-state index in [1.807, 2.05) is 60.7 Å². The maximum Gasteiger partial charge on any atom is 0.326 e. The largest absolute Gasteiger partial charge is 0.480 e. The lowest BCUT2D eigenvalue weighted by Gasteiger charge is -2.21. The molecule has 3 rings (SSSR count). The van der Waals surface area contributed by atoms with Crippen LogP contribution in [0.25, 0.3) is 0 Å². The van der Waals surface area contributed by atoms with Crippen molar-refractivity contribution in [1.29, 1.82) is 0 Å². The summed E-state index contributed by atoms with van der Waals surface area (Å²) < 4.78 is 5.86. The van der Waals surface area contributed by atoms with Crippen LogP contribution in [0.4, 0.5) is 0 Å². The normalized spacial score (nSPS) is 19.5. The summed E-state index contributed by atoms with van der Waals surface area (Å²) in [5, 5.41) is 9.47. The van der Waals surface area contributed by atoms with Crippen LogP contribution in [0.15, 0.2) is 60.7 Å². The molecule has 0 aliphatic carbocycles. The van der Waals surface area contributed by atoms with Gasteiger partial charge in [-0.3, -0.25) is 4.79 Å². The van der Waals surface area contributed by atoms with Crippen LogP contribution >= 0.6 is 0 Å². The van der Waals surface area contributed by atoms with E-state index in [0.717, 1.165) is 11.1 Å². The second kappa shape index (κ2) is 8.63. The third-order valence-corrected chi connectivity index (χ3v) is 4.67. The van der Waals surface area contributed by atoms with E-state index in [4.69, 9.17) is 4.74 Å². The fourth-order valence-corrected chi connectivity index (χ4v) is 3.26. The van der Waals surface area contributed by atoms with Crippen molar-refractivity contribution in [2.24, 2.45) is 0 Å². The Labute approximate surface area is 153 Å². The quantitative estimate of drug-likeness (QED) is 0.831. The van der Waals surface area contributed by atoms with Gasteiger partial charge in [-0.2, -0.15) is 0 Å². The highest BCUT2D eigenvalue weighted by Crippen LogP contribution is 2.23. The molecule has 0 aromatic heterocycles. The monoisotopic (exact) mass is 353 g/mol. The Morgan fingerprint density at radius 2 is 1.62 bits per heavy atom. The molecule has 26 heavy (non-hydrogen) atoms. The number of carboxylic acid groups (broad SMARTS) is 1. The Morgan fingerprint density at radius 3 is 2.23 bits per heavy atom. The number of carbonyl (C=O) groups excluding carboxylic acids is 1. The number of rotatable bonds is 7. The van der Waals surface area contributed by atoms with E-state index in [-0.39, 0.29) is 12.0 Å². The molecular formula is C21H23NO4. The van der Waals surface area contributed by atoms with Gasteiger partial charge in [0.25, 0.3) is 0 Å². The van der Waals surface area contributed by atoms with Crippen LogP contribution in [0.1, 0.15) is 24.0 Å². The van der Waals surface area contributed by atoms with Gasteiger partial charge in [0, 0.05) is 19.4 Å². The zero-order chi connectivity index (χ0) is 18.4. The SMILES string of the molecule is O=C(O)[C@@H]1C[C@@H](OCc2ccccc2)CN1C(=O)CCc1ccccc1. The minimum Gasteiger partial charge on any atom is -0.480 e. The standard InChI is InChI=1S/C21H23NO4/c23-20(12-11-16-7-3-1-4-8-16)22-14-18(13-19(22)21(24)25)26-15-17-9-5-2-6-10-17/h1-10,18-19H,11-15H2,(H,24,25)/t18-,19+/m1/s1. The third-order valence-electron chi connectivity index (χ3n) is 4.67. The lowest BCUT2D eigenvalue weighted by molar-refractivity contribution is -0.148. The Hall–Kier alpha value is -2.66. The maximum absolute atomic E-state index is 12.6. The smallest absolute Gasteiger partial charge is 0.326 e. The molecule has 1 N–H and O–H groups in total. The minimum absolute atomic E-state index is 0.132. The number of hydrogen-bond acceptors (Lipinski definition) is 3. The van der Waals surface area contributed by atoms with Gasteiger partial charge in [-0.05, 0) is 17.5 Å². The fraction of sp³-hybridized carbons (Fsp3) is 0.333. The maximum atomic E-state index is 12.6. The number of aliphatic carboxylic acids is 1. The van der Waals surface area contributed by atoms with Crippen LogP contribution in [0.3, 0.4) is 0 Å². The number of hydrogen-bond donors (Lipinski definition) is 1. The lowest BCUT2D eigenvalue weighted by atomic mass is 10.1. The molecule has 1 heterocycles. The number of ether oxygens (including phenoxy) is 1. The number of benzene rings is 2. The minimum atomic E-state index is -0.969. The second-order valence-corrected chi connectivity index (χ2v) is 6.54. The summed E-state index contributed by atoms with van der Waals surface area (Å²) in [5.41, 5.74) is 2.11. The molecule has 1 aliphatic rings. The van der Waals surface area contributed by atoms with E-state index in [1.54, 1.807) is 0 Å². The van der Waals surface area contributed by atoms with Crippen molar-refractivity contribution in [1.82, 2.24) is 4.90 Å². The first-order chi connectivity index (χ1) is 12.6. The highest BCUT2D eigenvalue weighted by molar-refractivity contribution is 5.84. The molecule has 1 aliphatic heterocycles. The molecule has 2 atom stereocenters. The molecule has 0 saturated carbocycles. The van der Waals surface area contributed by atoms with Gasteiger partial charge in [-0.1, -0.05) is 60.7 Å². The molecule has 0 radical (unpaired) electrons. The second-order valence-electron chi connectivity index (χ2n) is 6.54. The van der Waals surface area contributed by atoms with Crippen molar-refractivity contribution >= 4 is 11.9 Å². The van der Waals surface area contributed by atoms with Crippen molar-refractivity contribution in [3.63, 3.8) is 0 Å². The number of likely N-dealkylation sites (tertiary alicyclic amines) is 1. The van der Waals surface area contributed by atoms with Crippen molar-refractivity contribution in [3.05, 3.63) is 71.8 Å². The molecule has 2 aromatic rings. The average molecular weight is 353 g/mol. The van der Waals surface area contributed by atoms with E-state index in [9.17, 15) is 14.7 Å². The molecule has 0 unspecified atom stereocenters. The van der Waals surface area contributed by atoms with Gasteiger partial charge in [0.15, 0.2) is 0 Å². The molecule has 0 spiro atoms. The van der Waals surface area contributed by atoms with Gasteiger partial charge in [0.05, 0.1) is 12.7 Å². The number of nitrogens with zero attached hydrogens (tertiary/aromatic N) is 1. The first-order valence-corrected chi connectivity index (χ1v) is 8.85. The van der Waals surface area contributed by atoms with Crippen LogP contribution in [-0.4, -0.2) is 40.6 Å². The highest BCUT2D eigenvalue weighted by atomic mass is 16.5. The van der Waals surface area contributed by atoms with Crippen molar-refractivity contribution < 1.29 is 19.4 Å². The Bertz CT molecular complexity index is 732. The highest BCUT2D eigenvalue weighted by Gasteiger charge is 2.39. The third kappa shape index (κ3) is 4.70. The van der Waals surface area contributed by atoms with Crippen LogP contribution in [-0.2, 0) is 27.4 Å². The molecule has 136 valence electrons. The van der Waals surface area contributed by atoms with Gasteiger partial charge in [-0.25, -0.2) is 4.79 Å². The van der Waals surface area contributed by atoms with Crippen molar-refractivity contribution in [3.8, 4) is 0 Å². The summed E-state index contributed by atoms with van der Waals surface area (Å²) in [4.78, 5) is 25.6. The molecule has 1 saturated heterocycles. The first kappa shape index (κ1) is 18.1. The van der Waals surface area contributed by atoms with Gasteiger partial charge in [0.2, 0.25) is 5.91 Å². The van der Waals surface area contributed by atoms with E-state index in [2.05, 4.69) is 0 Å². The van der Waals surface area contributed by atoms with E-state index in [0.29, 0.717) is 32.4 Å². The topological polar surface area (TPSA) is 66.8 Å². The van der Waals surface area contributed by atoms with Crippen LogP contribution in [0.5, 0.6) is 0 Å². The van der Waals surface area contributed by atoms with Crippen LogP contribution in [0.2, 0.25) is 0 Å². The predicted molar refractivity (Wildman–Crippen MR) is 97.5 cm³/mol. The molecule has 2 aromatic carbocycles. The summed E-state index contributed by atoms with van der Waals surface area (Å²) in [7, 11) is 0. The van der Waals surface area contributed by atoms with E-state index >= 15 is 0 Å². The zero-order valence-corrected chi connectivity index (χ0v) is 14.6. The molecule has 5 nitrogen and oxygen atoms in total. The van der Waals surface area contributed by atoms with Crippen LogP contribution in [0, 0.1) is 0 Å². The summed E-state index contributed by atoms with van der Waals surface area (Å²) in [6.45, 7) is 0.751. The van der Waals surface area contributed by atoms with Crippen molar-refractivity contribution in [2.75, 3.05) is 6.54 Å². The summed E-state index contributed by atoms with van der Waals surface area (Å²) >= 11 is 0. The molecule has 5 heteroatoms. The molecule has 1 amide bonds.